The van der Waals surface area contributed by atoms with Crippen molar-refractivity contribution in [3.8, 4) is 0 Å². The molecule has 0 fully saturated rings. The molecule has 0 aromatic carbocycles. The third kappa shape index (κ3) is 2.00. The Labute approximate surface area is 63.3 Å². The van der Waals surface area contributed by atoms with Crippen LogP contribution in [0.2, 0.25) is 0 Å². The number of hydrogen-bond acceptors (Lipinski definition) is 1. The molecule has 1 nitrogen and oxygen atoms in total. The Kier molecular flexibility index (Phi) is 2.70. The van der Waals surface area contributed by atoms with Gasteiger partial charge in [-0.3, -0.25) is 0 Å². The van der Waals surface area contributed by atoms with Crippen LogP contribution in [0.5, 0.6) is 0 Å². The molecule has 0 aliphatic rings. The first-order valence-electron chi connectivity index (χ1n) is 3.32. The molecular weight excluding hydrogens is 143 g/mol. The molecule has 1 rings (SSSR count). The summed E-state index contributed by atoms with van der Waals surface area (Å²) in [6, 6.07) is 3.83. The lowest BCUT2D eigenvalue weighted by molar-refractivity contribution is 0.556. The van der Waals surface area contributed by atoms with E-state index in [1.54, 1.807) is 6.26 Å². The molecule has 0 saturated carbocycles. The van der Waals surface area contributed by atoms with Crippen LogP contribution in [0.15, 0.2) is 28.1 Å². The first-order chi connectivity index (χ1) is 4.83. The molecule has 54 valence electrons. The lowest BCUT2D eigenvalue weighted by Gasteiger charge is -1.90. The maximum atomic E-state index is 5.12. The summed E-state index contributed by atoms with van der Waals surface area (Å²) in [5, 5.41) is 1.26. The quantitative estimate of drug-likeness (QED) is 0.597. The van der Waals surface area contributed by atoms with Crippen LogP contribution < -0.4 is 0 Å². The van der Waals surface area contributed by atoms with E-state index in [0.29, 0.717) is 0 Å². The number of allylic oxidation sites excluding steroid dienone is 1. The van der Waals surface area contributed by atoms with E-state index >= 15 is 0 Å². The van der Waals surface area contributed by atoms with Gasteiger partial charge in [0.2, 0.25) is 0 Å². The molecule has 0 radical (unpaired) electrons. The molecule has 1 heterocycles. The maximum absolute atomic E-state index is 5.12. The molecule has 1 aromatic rings. The Bertz CT molecular complexity index is 211. The van der Waals surface area contributed by atoms with Crippen LogP contribution in [0.25, 0.3) is 6.08 Å². The Hall–Kier alpha value is -0.550. The first kappa shape index (κ1) is 7.56. The largest absolute Gasteiger partial charge is 0.465 e. The Morgan fingerprint density at radius 2 is 2.60 bits per heavy atom. The van der Waals surface area contributed by atoms with E-state index in [1.807, 2.05) is 18.2 Å². The number of furan rings is 1. The topological polar surface area (TPSA) is 13.1 Å². The molecule has 1 aromatic heterocycles. The minimum Gasteiger partial charge on any atom is -0.465 e. The molecule has 0 aliphatic carbocycles. The van der Waals surface area contributed by atoms with Gasteiger partial charge >= 0.3 is 0 Å². The zero-order valence-electron chi connectivity index (χ0n) is 6.00. The van der Waals surface area contributed by atoms with Crippen molar-refractivity contribution in [2.75, 3.05) is 0 Å². The second-order valence-electron chi connectivity index (χ2n) is 2.09. The van der Waals surface area contributed by atoms with Gasteiger partial charge in [-0.2, -0.15) is 0 Å². The Morgan fingerprint density at radius 1 is 1.80 bits per heavy atom. The highest BCUT2D eigenvalue weighted by Crippen LogP contribution is 2.15. The van der Waals surface area contributed by atoms with Gasteiger partial charge in [-0.25, -0.2) is 0 Å². The lowest BCUT2D eigenvalue weighted by atomic mass is 10.3. The molecule has 0 N–H and O–H groups in total. The van der Waals surface area contributed by atoms with Crippen molar-refractivity contribution < 1.29 is 4.42 Å². The summed E-state index contributed by atoms with van der Waals surface area (Å²) in [5.74, 6) is 0.923. The predicted octanol–water partition coefficient (Wildman–Crippen LogP) is 2.91. The van der Waals surface area contributed by atoms with E-state index in [-0.39, 0.29) is 0 Å². The molecule has 10 heavy (non-hydrogen) atoms. The predicted molar refractivity (Wildman–Crippen MR) is 46.7 cm³/mol. The molecule has 0 spiro atoms. The van der Waals surface area contributed by atoms with Gasteiger partial charge in [0.25, 0.3) is 0 Å². The van der Waals surface area contributed by atoms with E-state index in [9.17, 15) is 0 Å². The summed E-state index contributed by atoms with van der Waals surface area (Å²) in [5.41, 5.74) is 0. The van der Waals surface area contributed by atoms with Crippen molar-refractivity contribution in [3.63, 3.8) is 0 Å². The third-order valence-corrected chi connectivity index (χ3v) is 1.85. The molecular formula is C8H11OP. The minimum atomic E-state index is 0.923. The van der Waals surface area contributed by atoms with Crippen LogP contribution in [0.3, 0.4) is 0 Å². The fourth-order valence-electron chi connectivity index (χ4n) is 0.658. The average Bonchev–Trinajstić information content (AvgIpc) is 2.40. The van der Waals surface area contributed by atoms with Crippen LogP contribution in [0.1, 0.15) is 19.1 Å². The van der Waals surface area contributed by atoms with E-state index in [1.165, 1.54) is 5.31 Å². The van der Waals surface area contributed by atoms with Crippen LogP contribution >= 0.6 is 9.24 Å². The number of hydrogen-bond donors (Lipinski definition) is 0. The summed E-state index contributed by atoms with van der Waals surface area (Å²) < 4.78 is 5.12. The van der Waals surface area contributed by atoms with Gasteiger partial charge in [-0.1, -0.05) is 6.92 Å². The fraction of sp³-hybridized carbons (Fsp3) is 0.250. The third-order valence-electron chi connectivity index (χ3n) is 1.28. The highest BCUT2D eigenvalue weighted by molar-refractivity contribution is 7.22. The highest BCUT2D eigenvalue weighted by atomic mass is 31.0. The van der Waals surface area contributed by atoms with Crippen molar-refractivity contribution in [1.82, 2.24) is 0 Å². The van der Waals surface area contributed by atoms with Crippen LogP contribution in [0, 0.1) is 0 Å². The molecule has 1 atom stereocenters. The first-order valence-corrected chi connectivity index (χ1v) is 3.90. The summed E-state index contributed by atoms with van der Waals surface area (Å²) in [4.78, 5) is 0. The van der Waals surface area contributed by atoms with Crippen molar-refractivity contribution >= 4 is 15.3 Å². The number of rotatable bonds is 2. The van der Waals surface area contributed by atoms with Crippen molar-refractivity contribution in [3.05, 3.63) is 29.5 Å². The van der Waals surface area contributed by atoms with Gasteiger partial charge < -0.3 is 4.42 Å². The zero-order valence-corrected chi connectivity index (χ0v) is 7.16. The highest BCUT2D eigenvalue weighted by Gasteiger charge is 1.89. The molecule has 2 heteroatoms. The maximum Gasteiger partial charge on any atom is 0.126 e. The van der Waals surface area contributed by atoms with Crippen molar-refractivity contribution in [2.45, 2.75) is 13.3 Å². The van der Waals surface area contributed by atoms with Gasteiger partial charge in [-0.05, 0) is 29.9 Å². The molecule has 1 unspecified atom stereocenters. The second-order valence-corrected chi connectivity index (χ2v) is 2.83. The SMILES string of the molecule is CC/C(P)=C/c1ccco1. The smallest absolute Gasteiger partial charge is 0.126 e. The Morgan fingerprint density at radius 3 is 3.10 bits per heavy atom. The van der Waals surface area contributed by atoms with Crippen molar-refractivity contribution in [1.29, 1.82) is 0 Å². The minimum absolute atomic E-state index is 0.923. The second kappa shape index (κ2) is 3.58. The van der Waals surface area contributed by atoms with E-state index in [0.717, 1.165) is 12.2 Å². The van der Waals surface area contributed by atoms with Crippen LogP contribution in [-0.4, -0.2) is 0 Å². The van der Waals surface area contributed by atoms with E-state index < -0.39 is 0 Å². The van der Waals surface area contributed by atoms with Gasteiger partial charge in [0.05, 0.1) is 6.26 Å². The normalized spacial score (nSPS) is 12.0. The molecule has 0 saturated heterocycles. The lowest BCUT2D eigenvalue weighted by Crippen LogP contribution is -1.65. The van der Waals surface area contributed by atoms with E-state index in [2.05, 4.69) is 16.2 Å². The van der Waals surface area contributed by atoms with Crippen molar-refractivity contribution in [2.24, 2.45) is 0 Å². The zero-order chi connectivity index (χ0) is 7.40. The van der Waals surface area contributed by atoms with Gasteiger partial charge in [-0.15, -0.1) is 9.24 Å². The van der Waals surface area contributed by atoms with Crippen LogP contribution in [-0.2, 0) is 0 Å². The average molecular weight is 154 g/mol. The summed E-state index contributed by atoms with van der Waals surface area (Å²) in [7, 11) is 2.68. The Balaban J connectivity index is 2.71. The van der Waals surface area contributed by atoms with Gasteiger partial charge in [0.15, 0.2) is 0 Å². The standard InChI is InChI=1S/C8H11OP/c1-2-8(10)6-7-4-3-5-9-7/h3-6H,2,10H2,1H3/b8-6-. The summed E-state index contributed by atoms with van der Waals surface area (Å²) >= 11 is 0. The van der Waals surface area contributed by atoms with Gasteiger partial charge in [0, 0.05) is 0 Å². The van der Waals surface area contributed by atoms with Crippen LogP contribution in [0.4, 0.5) is 0 Å². The molecule has 0 bridgehead atoms. The molecule has 0 aliphatic heterocycles. The summed E-state index contributed by atoms with van der Waals surface area (Å²) in [6.07, 6.45) is 4.75. The van der Waals surface area contributed by atoms with Gasteiger partial charge in [0.1, 0.15) is 5.76 Å². The fourth-order valence-corrected chi connectivity index (χ4v) is 0.822. The van der Waals surface area contributed by atoms with E-state index in [4.69, 9.17) is 4.42 Å². The summed E-state index contributed by atoms with van der Waals surface area (Å²) in [6.45, 7) is 2.11. The molecule has 0 amide bonds. The monoisotopic (exact) mass is 154 g/mol.